The van der Waals surface area contributed by atoms with E-state index in [-0.39, 0.29) is 10.8 Å². The van der Waals surface area contributed by atoms with Crippen LogP contribution < -0.4 is 4.90 Å². The number of fused-ring (bicyclic) bond motifs is 2. The van der Waals surface area contributed by atoms with E-state index in [0.717, 1.165) is 18.7 Å². The van der Waals surface area contributed by atoms with Gasteiger partial charge in [0, 0.05) is 29.9 Å². The summed E-state index contributed by atoms with van der Waals surface area (Å²) in [6.45, 7) is 4.79. The number of pyridine rings is 1. The fraction of sp³-hybridized carbons (Fsp3) is 0.235. The number of aromatic nitrogens is 1. The largest absolute Gasteiger partial charge is 0.347 e. The maximum atomic E-state index is 4.83. The Hall–Kier alpha value is -3.98. The zero-order chi connectivity index (χ0) is 25.6. The summed E-state index contributed by atoms with van der Waals surface area (Å²) in [5.74, 6) is 1.05. The number of nitrogens with zero attached hydrogens (tertiary/aromatic N) is 3. The molecular formula is C34H34N3+. The molecule has 0 N–H and O–H groups in total. The lowest BCUT2D eigenvalue weighted by Crippen LogP contribution is -2.36. The molecule has 3 heteroatoms. The van der Waals surface area contributed by atoms with Crippen molar-refractivity contribution in [3.63, 3.8) is 0 Å². The second kappa shape index (κ2) is 8.85. The van der Waals surface area contributed by atoms with E-state index in [1.165, 1.54) is 39.3 Å². The van der Waals surface area contributed by atoms with Crippen molar-refractivity contribution in [3.8, 4) is 0 Å². The topological polar surface area (TPSA) is 19.1 Å². The van der Waals surface area contributed by atoms with E-state index in [9.17, 15) is 0 Å². The average molecular weight is 485 g/mol. The molecule has 2 unspecified atom stereocenters. The van der Waals surface area contributed by atoms with Crippen LogP contribution in [0, 0.1) is 0 Å². The molecule has 0 bridgehead atoms. The Labute approximate surface area is 220 Å². The SMILES string of the molecule is CN1C(=CC2=[N+](C)c3ncccc3C2(C)Cc2ccccc2)C(C)(Cc2ccccc2)c2ccccc21. The molecule has 0 radical (unpaired) electrons. The first-order chi connectivity index (χ1) is 17.9. The molecule has 3 aromatic carbocycles. The van der Waals surface area contributed by atoms with E-state index in [4.69, 9.17) is 4.98 Å². The average Bonchev–Trinajstić information content (AvgIpc) is 3.26. The Morgan fingerprint density at radius 3 is 1.97 bits per heavy atom. The minimum absolute atomic E-state index is 0.156. The van der Waals surface area contributed by atoms with Gasteiger partial charge in [0.15, 0.2) is 0 Å². The van der Waals surface area contributed by atoms with Gasteiger partial charge in [0.05, 0.1) is 18.0 Å². The third-order valence-electron chi connectivity index (χ3n) is 8.49. The first-order valence-corrected chi connectivity index (χ1v) is 13.1. The summed E-state index contributed by atoms with van der Waals surface area (Å²) in [4.78, 5) is 7.23. The highest BCUT2D eigenvalue weighted by Crippen LogP contribution is 2.50. The van der Waals surface area contributed by atoms with Crippen molar-refractivity contribution >= 4 is 17.2 Å². The van der Waals surface area contributed by atoms with E-state index < -0.39 is 0 Å². The van der Waals surface area contributed by atoms with Gasteiger partial charge >= 0.3 is 5.82 Å². The third-order valence-corrected chi connectivity index (χ3v) is 8.49. The Morgan fingerprint density at radius 2 is 1.30 bits per heavy atom. The number of hydrogen-bond acceptors (Lipinski definition) is 2. The van der Waals surface area contributed by atoms with Crippen LogP contribution in [-0.4, -0.2) is 29.4 Å². The standard InChI is InChI=1S/C34H34N3/c1-33(23-25-14-7-5-8-15-25)27-18-11-12-20-29(27)36(3)30(33)22-31-34(2,24-26-16-9-6-10-17-26)28-19-13-21-35-32(28)37(31)4/h5-22H,23-24H2,1-4H3/q+1. The number of allylic oxidation sites excluding steroid dienone is 2. The van der Waals surface area contributed by atoms with Crippen LogP contribution in [0.1, 0.15) is 36.1 Å². The van der Waals surface area contributed by atoms with Gasteiger partial charge < -0.3 is 4.90 Å². The molecule has 1 aromatic heterocycles. The molecule has 0 spiro atoms. The summed E-state index contributed by atoms with van der Waals surface area (Å²) in [5.41, 5.74) is 8.90. The maximum absolute atomic E-state index is 4.83. The normalized spacial score (nSPS) is 23.5. The summed E-state index contributed by atoms with van der Waals surface area (Å²) in [6.07, 6.45) is 6.24. The molecule has 0 fully saturated rings. The van der Waals surface area contributed by atoms with Gasteiger partial charge in [-0.25, -0.2) is 4.58 Å². The van der Waals surface area contributed by atoms with Crippen molar-refractivity contribution in [2.75, 3.05) is 19.0 Å². The Morgan fingerprint density at radius 1 is 0.730 bits per heavy atom. The third kappa shape index (κ3) is 3.72. The van der Waals surface area contributed by atoms with Crippen molar-refractivity contribution in [3.05, 3.63) is 137 Å². The second-order valence-electron chi connectivity index (χ2n) is 10.9. The van der Waals surface area contributed by atoms with Gasteiger partial charge in [-0.1, -0.05) is 78.9 Å². The molecule has 2 aliphatic rings. The van der Waals surface area contributed by atoms with Crippen LogP contribution in [-0.2, 0) is 23.7 Å². The monoisotopic (exact) mass is 484 g/mol. The van der Waals surface area contributed by atoms with Gasteiger partial charge in [-0.3, -0.25) is 0 Å². The molecule has 6 rings (SSSR count). The number of rotatable bonds is 5. The van der Waals surface area contributed by atoms with Gasteiger partial charge in [-0.15, -0.1) is 0 Å². The van der Waals surface area contributed by atoms with Crippen LogP contribution in [0.4, 0.5) is 11.5 Å². The van der Waals surface area contributed by atoms with E-state index in [2.05, 4.69) is 141 Å². The zero-order valence-corrected chi connectivity index (χ0v) is 22.1. The summed E-state index contributed by atoms with van der Waals surface area (Å²) >= 11 is 0. The van der Waals surface area contributed by atoms with Gasteiger partial charge in [0.1, 0.15) is 11.9 Å². The Bertz CT molecular complexity index is 1520. The molecule has 2 atom stereocenters. The fourth-order valence-electron chi connectivity index (χ4n) is 6.61. The Balaban J connectivity index is 1.53. The molecule has 184 valence electrons. The molecular weight excluding hydrogens is 450 g/mol. The molecule has 0 amide bonds. The number of anilines is 1. The highest BCUT2D eigenvalue weighted by molar-refractivity contribution is 6.04. The van der Waals surface area contributed by atoms with Crippen molar-refractivity contribution < 1.29 is 4.58 Å². The molecule has 2 aliphatic heterocycles. The van der Waals surface area contributed by atoms with Gasteiger partial charge in [0.25, 0.3) is 0 Å². The number of likely N-dealkylation sites (N-methyl/N-ethyl adjacent to an activating group) is 1. The Kier molecular flexibility index (Phi) is 5.60. The number of hydrogen-bond donors (Lipinski definition) is 0. The first kappa shape index (κ1) is 23.4. The highest BCUT2D eigenvalue weighted by Gasteiger charge is 2.49. The van der Waals surface area contributed by atoms with E-state index >= 15 is 0 Å². The van der Waals surface area contributed by atoms with Gasteiger partial charge in [-0.05, 0) is 66.6 Å². The van der Waals surface area contributed by atoms with Crippen molar-refractivity contribution in [1.29, 1.82) is 0 Å². The van der Waals surface area contributed by atoms with Gasteiger partial charge in [0.2, 0.25) is 0 Å². The van der Waals surface area contributed by atoms with Gasteiger partial charge in [-0.2, -0.15) is 0 Å². The van der Waals surface area contributed by atoms with Crippen molar-refractivity contribution in [2.24, 2.45) is 0 Å². The molecule has 0 saturated heterocycles. The second-order valence-corrected chi connectivity index (χ2v) is 10.9. The molecule has 3 heterocycles. The molecule has 3 nitrogen and oxygen atoms in total. The number of para-hydroxylation sites is 1. The molecule has 0 saturated carbocycles. The summed E-state index contributed by atoms with van der Waals surface area (Å²) in [5, 5.41) is 0. The fourth-order valence-corrected chi connectivity index (χ4v) is 6.61. The number of benzene rings is 3. The summed E-state index contributed by atoms with van der Waals surface area (Å²) in [6, 6.07) is 34.9. The highest BCUT2D eigenvalue weighted by atomic mass is 15.2. The van der Waals surface area contributed by atoms with E-state index in [1.807, 2.05) is 6.20 Å². The van der Waals surface area contributed by atoms with Crippen LogP contribution in [0.15, 0.2) is 115 Å². The van der Waals surface area contributed by atoms with Crippen LogP contribution in [0.25, 0.3) is 0 Å². The first-order valence-electron chi connectivity index (χ1n) is 13.1. The minimum atomic E-state index is -0.198. The summed E-state index contributed by atoms with van der Waals surface area (Å²) < 4.78 is 2.31. The van der Waals surface area contributed by atoms with E-state index in [1.54, 1.807) is 0 Å². The molecule has 0 aliphatic carbocycles. The minimum Gasteiger partial charge on any atom is -0.347 e. The van der Waals surface area contributed by atoms with Crippen LogP contribution in [0.3, 0.4) is 0 Å². The smallest absolute Gasteiger partial charge is 0.327 e. The maximum Gasteiger partial charge on any atom is 0.327 e. The lowest BCUT2D eigenvalue weighted by Gasteiger charge is -2.31. The van der Waals surface area contributed by atoms with Crippen molar-refractivity contribution in [2.45, 2.75) is 37.5 Å². The van der Waals surface area contributed by atoms with Crippen LogP contribution in [0.5, 0.6) is 0 Å². The summed E-state index contributed by atoms with van der Waals surface area (Å²) in [7, 11) is 4.39. The molecule has 37 heavy (non-hydrogen) atoms. The molecule has 4 aromatic rings. The van der Waals surface area contributed by atoms with Crippen LogP contribution >= 0.6 is 0 Å². The predicted molar refractivity (Wildman–Crippen MR) is 153 cm³/mol. The van der Waals surface area contributed by atoms with Crippen LogP contribution in [0.2, 0.25) is 0 Å². The lowest BCUT2D eigenvalue weighted by atomic mass is 9.72. The van der Waals surface area contributed by atoms with E-state index in [0.29, 0.717) is 0 Å². The predicted octanol–water partition coefficient (Wildman–Crippen LogP) is 6.84. The van der Waals surface area contributed by atoms with Crippen molar-refractivity contribution in [1.82, 2.24) is 4.98 Å². The lowest BCUT2D eigenvalue weighted by molar-refractivity contribution is -0.406. The zero-order valence-electron chi connectivity index (χ0n) is 22.1. The quantitative estimate of drug-likeness (QED) is 0.289.